The second-order valence-corrected chi connectivity index (χ2v) is 6.93. The van der Waals surface area contributed by atoms with Crippen LogP contribution in [0.25, 0.3) is 0 Å². The van der Waals surface area contributed by atoms with Gasteiger partial charge in [0.15, 0.2) is 0 Å². The Hall–Kier alpha value is -1.08. The highest BCUT2D eigenvalue weighted by Crippen LogP contribution is 2.21. The topological polar surface area (TPSA) is 20.2 Å². The Balaban J connectivity index is 2.98. The highest BCUT2D eigenvalue weighted by molar-refractivity contribution is 5.25. The summed E-state index contributed by atoms with van der Waals surface area (Å²) in [6.45, 7) is 10.7. The first-order valence-electron chi connectivity index (χ1n) is 8.23. The van der Waals surface area contributed by atoms with Crippen LogP contribution < -0.4 is 0 Å². The molecule has 1 aliphatic rings. The fourth-order valence-corrected chi connectivity index (χ4v) is 2.48. The van der Waals surface area contributed by atoms with E-state index in [9.17, 15) is 5.11 Å². The van der Waals surface area contributed by atoms with Crippen molar-refractivity contribution in [3.05, 3.63) is 47.1 Å². The zero-order valence-electron chi connectivity index (χ0n) is 14.4. The minimum atomic E-state index is -0.722. The van der Waals surface area contributed by atoms with E-state index in [0.29, 0.717) is 5.92 Å². The Kier molecular flexibility index (Phi) is 7.17. The summed E-state index contributed by atoms with van der Waals surface area (Å²) in [6, 6.07) is 0. The molecule has 1 atom stereocenters. The summed E-state index contributed by atoms with van der Waals surface area (Å²) in [7, 11) is 0. The Bertz CT molecular complexity index is 444. The summed E-state index contributed by atoms with van der Waals surface area (Å²) in [6.07, 6.45) is 16.0. The van der Waals surface area contributed by atoms with Crippen LogP contribution in [0.1, 0.15) is 66.7 Å². The van der Waals surface area contributed by atoms with Gasteiger partial charge < -0.3 is 5.11 Å². The molecule has 0 aromatic carbocycles. The van der Waals surface area contributed by atoms with Gasteiger partial charge in [-0.15, -0.1) is 0 Å². The molecular formula is C20H32O. The van der Waals surface area contributed by atoms with Crippen LogP contribution in [-0.2, 0) is 0 Å². The molecule has 1 aliphatic carbocycles. The first kappa shape index (κ1) is 18.0. The molecule has 1 nitrogen and oxygen atoms in total. The van der Waals surface area contributed by atoms with Crippen LogP contribution in [0, 0.1) is 5.92 Å². The third-order valence-electron chi connectivity index (χ3n) is 4.14. The van der Waals surface area contributed by atoms with Crippen molar-refractivity contribution >= 4 is 0 Å². The summed E-state index contributed by atoms with van der Waals surface area (Å²) < 4.78 is 0. The van der Waals surface area contributed by atoms with E-state index in [4.69, 9.17) is 0 Å². The summed E-state index contributed by atoms with van der Waals surface area (Å²) >= 11 is 0. The van der Waals surface area contributed by atoms with E-state index < -0.39 is 5.60 Å². The Morgan fingerprint density at radius 1 is 1.05 bits per heavy atom. The lowest BCUT2D eigenvalue weighted by Gasteiger charge is -2.19. The molecule has 21 heavy (non-hydrogen) atoms. The third-order valence-corrected chi connectivity index (χ3v) is 4.14. The van der Waals surface area contributed by atoms with Crippen molar-refractivity contribution in [3.63, 3.8) is 0 Å². The van der Waals surface area contributed by atoms with Gasteiger partial charge in [-0.2, -0.15) is 0 Å². The van der Waals surface area contributed by atoms with Gasteiger partial charge >= 0.3 is 0 Å². The van der Waals surface area contributed by atoms with Crippen LogP contribution in [0.5, 0.6) is 0 Å². The molecule has 0 radical (unpaired) electrons. The summed E-state index contributed by atoms with van der Waals surface area (Å²) in [5, 5.41) is 10.5. The molecule has 0 amide bonds. The quantitative estimate of drug-likeness (QED) is 0.611. The van der Waals surface area contributed by atoms with Crippen LogP contribution in [0.3, 0.4) is 0 Å². The van der Waals surface area contributed by atoms with Crippen molar-refractivity contribution in [3.8, 4) is 0 Å². The second-order valence-electron chi connectivity index (χ2n) is 6.93. The van der Waals surface area contributed by atoms with Crippen LogP contribution in [0.4, 0.5) is 0 Å². The van der Waals surface area contributed by atoms with E-state index in [1.807, 2.05) is 13.0 Å². The Morgan fingerprint density at radius 3 is 2.38 bits per heavy atom. The van der Waals surface area contributed by atoms with Crippen LogP contribution in [-0.4, -0.2) is 10.7 Å². The summed E-state index contributed by atoms with van der Waals surface area (Å²) in [5.41, 5.74) is 3.44. The Labute approximate surface area is 131 Å². The molecule has 0 aliphatic heterocycles. The van der Waals surface area contributed by atoms with Gasteiger partial charge in [0.2, 0.25) is 0 Å². The van der Waals surface area contributed by atoms with Crippen molar-refractivity contribution < 1.29 is 5.11 Å². The second kappa shape index (κ2) is 8.38. The predicted octanol–water partition coefficient (Wildman–Crippen LogP) is 5.73. The first-order valence-corrected chi connectivity index (χ1v) is 8.23. The minimum absolute atomic E-state index is 0.486. The maximum absolute atomic E-state index is 10.5. The fourth-order valence-electron chi connectivity index (χ4n) is 2.48. The number of rotatable bonds is 1. The summed E-state index contributed by atoms with van der Waals surface area (Å²) in [4.78, 5) is 0. The largest absolute Gasteiger partial charge is 0.386 e. The molecule has 0 aromatic rings. The zero-order valence-corrected chi connectivity index (χ0v) is 14.4. The molecule has 1 N–H and O–H groups in total. The summed E-state index contributed by atoms with van der Waals surface area (Å²) in [5.74, 6) is 0.486. The molecule has 1 rings (SSSR count). The number of allylic oxidation sites excluding steroid dienone is 7. The maximum atomic E-state index is 10.5. The lowest BCUT2D eigenvalue weighted by molar-refractivity contribution is 0.103. The smallest absolute Gasteiger partial charge is 0.0805 e. The van der Waals surface area contributed by atoms with Crippen molar-refractivity contribution in [1.82, 2.24) is 0 Å². The first-order chi connectivity index (χ1) is 9.80. The van der Waals surface area contributed by atoms with Gasteiger partial charge in [-0.25, -0.2) is 0 Å². The van der Waals surface area contributed by atoms with E-state index in [2.05, 4.69) is 52.0 Å². The van der Waals surface area contributed by atoms with Crippen LogP contribution >= 0.6 is 0 Å². The van der Waals surface area contributed by atoms with Gasteiger partial charge in [0, 0.05) is 0 Å². The van der Waals surface area contributed by atoms with E-state index in [1.165, 1.54) is 16.7 Å². The van der Waals surface area contributed by atoms with Gasteiger partial charge in [0.05, 0.1) is 5.60 Å². The van der Waals surface area contributed by atoms with E-state index in [0.717, 1.165) is 32.1 Å². The molecule has 0 heterocycles. The number of hydrogen-bond acceptors (Lipinski definition) is 1. The molecule has 0 saturated heterocycles. The lowest BCUT2D eigenvalue weighted by atomic mass is 9.93. The van der Waals surface area contributed by atoms with Gasteiger partial charge in [0.1, 0.15) is 0 Å². The van der Waals surface area contributed by atoms with Crippen LogP contribution in [0.2, 0.25) is 0 Å². The molecule has 0 saturated carbocycles. The maximum Gasteiger partial charge on any atom is 0.0805 e. The molecule has 118 valence electrons. The number of aliphatic hydroxyl groups is 1. The van der Waals surface area contributed by atoms with Crippen molar-refractivity contribution in [2.75, 3.05) is 0 Å². The van der Waals surface area contributed by atoms with Gasteiger partial charge in [-0.1, -0.05) is 55.4 Å². The fraction of sp³-hybridized carbons (Fsp3) is 0.600. The molecule has 0 aromatic heterocycles. The van der Waals surface area contributed by atoms with Crippen molar-refractivity contribution in [2.45, 2.75) is 72.3 Å². The van der Waals surface area contributed by atoms with Gasteiger partial charge in [-0.3, -0.25) is 0 Å². The van der Waals surface area contributed by atoms with Crippen molar-refractivity contribution in [1.29, 1.82) is 0 Å². The zero-order chi connectivity index (χ0) is 15.9. The predicted molar refractivity (Wildman–Crippen MR) is 93.3 cm³/mol. The van der Waals surface area contributed by atoms with Crippen LogP contribution in [0.15, 0.2) is 47.1 Å². The molecule has 0 spiro atoms. The third kappa shape index (κ3) is 7.47. The van der Waals surface area contributed by atoms with E-state index in [1.54, 1.807) is 0 Å². The average molecular weight is 288 g/mol. The molecule has 1 unspecified atom stereocenters. The molecule has 0 bridgehead atoms. The lowest BCUT2D eigenvalue weighted by Crippen LogP contribution is -2.20. The van der Waals surface area contributed by atoms with Gasteiger partial charge in [0.25, 0.3) is 0 Å². The van der Waals surface area contributed by atoms with E-state index in [-0.39, 0.29) is 0 Å². The average Bonchev–Trinajstić information content (AvgIpc) is 2.37. The van der Waals surface area contributed by atoms with E-state index >= 15 is 0 Å². The van der Waals surface area contributed by atoms with Crippen molar-refractivity contribution in [2.24, 2.45) is 5.92 Å². The van der Waals surface area contributed by atoms with Gasteiger partial charge in [-0.05, 0) is 64.4 Å². The number of hydrogen-bond donors (Lipinski definition) is 1. The highest BCUT2D eigenvalue weighted by Gasteiger charge is 2.15. The minimum Gasteiger partial charge on any atom is -0.386 e. The SMILES string of the molecule is CC1=CCCC(C)=CCCC(C)(O)C=CC(C(C)C)=CC1. The monoisotopic (exact) mass is 288 g/mol. The normalized spacial score (nSPS) is 26.0. The highest BCUT2D eigenvalue weighted by atomic mass is 16.3. The standard InChI is InChI=1S/C20H32O/c1-16(2)19-12-11-18(4)9-6-8-17(3)10-7-14-20(5,21)15-13-19/h9-10,12-13,15-16,21H,6-8,11,14H2,1-5H3. The molecule has 1 heteroatoms. The molecule has 0 fully saturated rings. The Morgan fingerprint density at radius 2 is 1.71 bits per heavy atom. The molecular weight excluding hydrogens is 256 g/mol.